The van der Waals surface area contributed by atoms with Gasteiger partial charge in [-0.05, 0) is 31.7 Å². The summed E-state index contributed by atoms with van der Waals surface area (Å²) in [5.41, 5.74) is 2.52. The van der Waals surface area contributed by atoms with E-state index in [0.29, 0.717) is 6.54 Å². The molecule has 1 amide bonds. The Hall–Kier alpha value is -2.28. The van der Waals surface area contributed by atoms with Gasteiger partial charge in [0.2, 0.25) is 0 Å². The Labute approximate surface area is 126 Å². The van der Waals surface area contributed by atoms with Gasteiger partial charge in [0.1, 0.15) is 11.6 Å². The zero-order valence-electron chi connectivity index (χ0n) is 12.4. The van der Waals surface area contributed by atoms with Gasteiger partial charge in [-0.25, -0.2) is 0 Å². The highest BCUT2D eigenvalue weighted by Gasteiger charge is 2.19. The highest BCUT2D eigenvalue weighted by atomic mass is 16.2. The molecule has 0 radical (unpaired) electrons. The van der Waals surface area contributed by atoms with Gasteiger partial charge in [0.05, 0.1) is 0 Å². The molecule has 4 nitrogen and oxygen atoms in total. The molecule has 0 atom stereocenters. The summed E-state index contributed by atoms with van der Waals surface area (Å²) in [6.07, 6.45) is 4.77. The molecule has 1 aliphatic heterocycles. The number of nitrogens with one attached hydrogen (secondary N) is 1. The van der Waals surface area contributed by atoms with Crippen molar-refractivity contribution in [2.75, 3.05) is 13.1 Å². The molecule has 0 spiro atoms. The van der Waals surface area contributed by atoms with Gasteiger partial charge >= 0.3 is 0 Å². The molecule has 1 aromatic rings. The fourth-order valence-electron chi connectivity index (χ4n) is 2.50. The quantitative estimate of drug-likeness (QED) is 0.682. The normalized spacial score (nSPS) is 15.4. The molecule has 0 unspecified atom stereocenters. The van der Waals surface area contributed by atoms with E-state index in [1.807, 2.05) is 31.2 Å². The number of nitrogens with zero attached hydrogens (tertiary/aromatic N) is 2. The number of amides is 1. The molecule has 0 bridgehead atoms. The van der Waals surface area contributed by atoms with E-state index < -0.39 is 0 Å². The molecule has 4 heteroatoms. The molecule has 21 heavy (non-hydrogen) atoms. The van der Waals surface area contributed by atoms with Gasteiger partial charge in [0.15, 0.2) is 0 Å². The van der Waals surface area contributed by atoms with Crippen LogP contribution in [-0.4, -0.2) is 23.9 Å². The van der Waals surface area contributed by atoms with Crippen LogP contribution in [0.1, 0.15) is 30.4 Å². The fraction of sp³-hybridized carbons (Fsp3) is 0.412. The fourth-order valence-corrected chi connectivity index (χ4v) is 2.50. The van der Waals surface area contributed by atoms with Crippen molar-refractivity contribution in [3.8, 4) is 6.07 Å². The highest BCUT2D eigenvalue weighted by molar-refractivity contribution is 5.97. The van der Waals surface area contributed by atoms with E-state index in [0.717, 1.165) is 31.5 Å². The maximum absolute atomic E-state index is 12.2. The molecule has 0 saturated carbocycles. The Morgan fingerprint density at radius 3 is 2.81 bits per heavy atom. The maximum Gasteiger partial charge on any atom is 0.265 e. The lowest BCUT2D eigenvalue weighted by Gasteiger charge is -2.26. The van der Waals surface area contributed by atoms with Gasteiger partial charge in [0, 0.05) is 25.8 Å². The molecule has 0 aromatic heterocycles. The van der Waals surface area contributed by atoms with E-state index in [9.17, 15) is 4.79 Å². The summed E-state index contributed by atoms with van der Waals surface area (Å²) < 4.78 is 0. The minimum atomic E-state index is -0.158. The summed E-state index contributed by atoms with van der Waals surface area (Å²) in [5, 5.41) is 12.2. The van der Waals surface area contributed by atoms with Crippen molar-refractivity contribution < 1.29 is 4.79 Å². The number of aryl methyl sites for hydroxylation is 1. The third kappa shape index (κ3) is 4.35. The van der Waals surface area contributed by atoms with Crippen molar-refractivity contribution in [1.29, 1.82) is 5.26 Å². The first-order valence-electron chi connectivity index (χ1n) is 7.39. The van der Waals surface area contributed by atoms with Crippen LogP contribution in [0.2, 0.25) is 0 Å². The van der Waals surface area contributed by atoms with Crippen molar-refractivity contribution in [2.24, 2.45) is 0 Å². The van der Waals surface area contributed by atoms with E-state index in [4.69, 9.17) is 5.26 Å². The summed E-state index contributed by atoms with van der Waals surface area (Å²) >= 11 is 0. The van der Waals surface area contributed by atoms with Gasteiger partial charge in [-0.15, -0.1) is 0 Å². The van der Waals surface area contributed by atoms with Crippen LogP contribution in [0.15, 0.2) is 36.0 Å². The molecule has 1 aromatic carbocycles. The lowest BCUT2D eigenvalue weighted by atomic mass is 10.1. The van der Waals surface area contributed by atoms with Crippen molar-refractivity contribution in [3.05, 3.63) is 47.2 Å². The molecule has 1 aliphatic rings. The molecular formula is C17H21N3O. The number of carbonyl (C=O) groups excluding carboxylic acids is 1. The number of hydrogen-bond donors (Lipinski definition) is 1. The van der Waals surface area contributed by atoms with Crippen LogP contribution < -0.4 is 5.32 Å². The Bertz CT molecular complexity index is 566. The second-order valence-corrected chi connectivity index (χ2v) is 5.39. The zero-order chi connectivity index (χ0) is 15.1. The molecule has 0 aliphatic carbocycles. The highest BCUT2D eigenvalue weighted by Crippen LogP contribution is 2.11. The van der Waals surface area contributed by atoms with Crippen LogP contribution in [0.25, 0.3) is 0 Å². The van der Waals surface area contributed by atoms with Crippen LogP contribution in [-0.2, 0) is 11.3 Å². The first-order chi connectivity index (χ1) is 10.2. The summed E-state index contributed by atoms with van der Waals surface area (Å²) in [5.74, 6) is -0.158. The van der Waals surface area contributed by atoms with E-state index in [1.165, 1.54) is 12.0 Å². The number of nitriles is 1. The molecule has 1 fully saturated rings. The Kier molecular flexibility index (Phi) is 5.39. The van der Waals surface area contributed by atoms with Crippen molar-refractivity contribution >= 4 is 5.91 Å². The van der Waals surface area contributed by atoms with E-state index in [2.05, 4.69) is 11.4 Å². The van der Waals surface area contributed by atoms with Crippen LogP contribution in [0, 0.1) is 18.3 Å². The number of hydrogen-bond acceptors (Lipinski definition) is 3. The molecule has 110 valence electrons. The lowest BCUT2D eigenvalue weighted by molar-refractivity contribution is -0.127. The third-order valence-electron chi connectivity index (χ3n) is 3.63. The minimum Gasteiger partial charge on any atom is -0.386 e. The maximum atomic E-state index is 12.2. The summed E-state index contributed by atoms with van der Waals surface area (Å²) in [6.45, 7) is 4.17. The molecule has 1 heterocycles. The SMILES string of the molecule is Cc1cccc(CN/C=C(/C#N)C(=O)N2CCCCC2)c1. The zero-order valence-corrected chi connectivity index (χ0v) is 12.4. The van der Waals surface area contributed by atoms with E-state index in [1.54, 1.807) is 11.1 Å². The average molecular weight is 283 g/mol. The van der Waals surface area contributed by atoms with Crippen LogP contribution in [0.4, 0.5) is 0 Å². The second-order valence-electron chi connectivity index (χ2n) is 5.39. The summed E-state index contributed by atoms with van der Waals surface area (Å²) in [4.78, 5) is 14.0. The first-order valence-corrected chi connectivity index (χ1v) is 7.39. The Morgan fingerprint density at radius 1 is 1.38 bits per heavy atom. The van der Waals surface area contributed by atoms with Gasteiger partial charge in [-0.3, -0.25) is 4.79 Å². The number of carbonyl (C=O) groups is 1. The standard InChI is InChI=1S/C17H21N3O/c1-14-6-5-7-15(10-14)12-19-13-16(11-18)17(21)20-8-3-2-4-9-20/h5-7,10,13,19H,2-4,8-9,12H2,1H3/b16-13-. The smallest absolute Gasteiger partial charge is 0.265 e. The molecular weight excluding hydrogens is 262 g/mol. The largest absolute Gasteiger partial charge is 0.386 e. The third-order valence-corrected chi connectivity index (χ3v) is 3.63. The van der Waals surface area contributed by atoms with Crippen LogP contribution >= 0.6 is 0 Å². The number of likely N-dealkylation sites (tertiary alicyclic amines) is 1. The topological polar surface area (TPSA) is 56.1 Å². The Morgan fingerprint density at radius 2 is 2.14 bits per heavy atom. The predicted octanol–water partition coefficient (Wildman–Crippen LogP) is 2.50. The predicted molar refractivity (Wildman–Crippen MR) is 82.1 cm³/mol. The van der Waals surface area contributed by atoms with Crippen LogP contribution in [0.5, 0.6) is 0 Å². The summed E-state index contributed by atoms with van der Waals surface area (Å²) in [6, 6.07) is 10.1. The molecule has 1 saturated heterocycles. The minimum absolute atomic E-state index is 0.158. The lowest BCUT2D eigenvalue weighted by Crippen LogP contribution is -2.36. The molecule has 2 rings (SSSR count). The number of benzene rings is 1. The second kappa shape index (κ2) is 7.49. The van der Waals surface area contributed by atoms with Gasteiger partial charge < -0.3 is 10.2 Å². The first kappa shape index (κ1) is 15.1. The van der Waals surface area contributed by atoms with E-state index >= 15 is 0 Å². The average Bonchev–Trinajstić information content (AvgIpc) is 2.52. The van der Waals surface area contributed by atoms with Crippen molar-refractivity contribution in [2.45, 2.75) is 32.7 Å². The van der Waals surface area contributed by atoms with E-state index in [-0.39, 0.29) is 11.5 Å². The summed E-state index contributed by atoms with van der Waals surface area (Å²) in [7, 11) is 0. The van der Waals surface area contributed by atoms with Crippen LogP contribution in [0.3, 0.4) is 0 Å². The van der Waals surface area contributed by atoms with Gasteiger partial charge in [-0.2, -0.15) is 5.26 Å². The van der Waals surface area contributed by atoms with Gasteiger partial charge in [-0.1, -0.05) is 29.8 Å². The molecule has 1 N–H and O–H groups in total. The van der Waals surface area contributed by atoms with Gasteiger partial charge in [0.25, 0.3) is 5.91 Å². The number of rotatable bonds is 4. The Balaban J connectivity index is 1.94. The van der Waals surface area contributed by atoms with Crippen molar-refractivity contribution in [1.82, 2.24) is 10.2 Å². The van der Waals surface area contributed by atoms with Crippen molar-refractivity contribution in [3.63, 3.8) is 0 Å². The number of piperidine rings is 1. The monoisotopic (exact) mass is 283 g/mol.